The highest BCUT2D eigenvalue weighted by Crippen LogP contribution is 2.41. The molecule has 4 aromatic carbocycles. The lowest BCUT2D eigenvalue weighted by atomic mass is 9.98. The number of amides is 1. The molecule has 198 valence electrons. The second kappa shape index (κ2) is 9.88. The highest BCUT2D eigenvalue weighted by molar-refractivity contribution is 9.10. The summed E-state index contributed by atoms with van der Waals surface area (Å²) in [7, 11) is 0. The molecule has 2 aliphatic rings. The van der Waals surface area contributed by atoms with Crippen molar-refractivity contribution in [1.29, 1.82) is 0 Å². The van der Waals surface area contributed by atoms with Gasteiger partial charge < -0.3 is 23.5 Å². The molecule has 8 heteroatoms. The Kier molecular flexibility index (Phi) is 6.04. The van der Waals surface area contributed by atoms with Crippen LogP contribution < -0.4 is 19.6 Å². The van der Waals surface area contributed by atoms with Crippen molar-refractivity contribution in [2.75, 3.05) is 6.79 Å². The molecule has 0 saturated carbocycles. The summed E-state index contributed by atoms with van der Waals surface area (Å²) in [5.74, 6) is 1.63. The van der Waals surface area contributed by atoms with Crippen molar-refractivity contribution >= 4 is 32.8 Å². The number of carbonyl (C=O) groups is 1. The number of rotatable bonds is 6. The van der Waals surface area contributed by atoms with Gasteiger partial charge >= 0.3 is 0 Å². The molecule has 0 N–H and O–H groups in total. The van der Waals surface area contributed by atoms with Gasteiger partial charge in [0.1, 0.15) is 17.9 Å². The van der Waals surface area contributed by atoms with Gasteiger partial charge in [0.2, 0.25) is 12.6 Å². The Bertz CT molecular complexity index is 1830. The zero-order chi connectivity index (χ0) is 27.2. The summed E-state index contributed by atoms with van der Waals surface area (Å²) in [6.07, 6.45) is 0. The highest BCUT2D eigenvalue weighted by Gasteiger charge is 2.43. The second-order valence-electron chi connectivity index (χ2n) is 9.68. The fourth-order valence-corrected chi connectivity index (χ4v) is 5.61. The van der Waals surface area contributed by atoms with E-state index in [1.165, 1.54) is 0 Å². The van der Waals surface area contributed by atoms with E-state index in [2.05, 4.69) is 15.9 Å². The van der Waals surface area contributed by atoms with Gasteiger partial charge in [-0.3, -0.25) is 9.59 Å². The molecule has 5 aromatic rings. The first-order valence-electron chi connectivity index (χ1n) is 12.8. The van der Waals surface area contributed by atoms with E-state index in [9.17, 15) is 9.59 Å². The average Bonchev–Trinajstić information content (AvgIpc) is 3.55. The lowest BCUT2D eigenvalue weighted by Gasteiger charge is -2.25. The van der Waals surface area contributed by atoms with Crippen LogP contribution in [0.1, 0.15) is 38.9 Å². The predicted molar refractivity (Wildman–Crippen MR) is 152 cm³/mol. The van der Waals surface area contributed by atoms with Crippen LogP contribution in [0.3, 0.4) is 0 Å². The number of hydrogen-bond donors (Lipinski definition) is 0. The van der Waals surface area contributed by atoms with E-state index in [-0.39, 0.29) is 30.4 Å². The maximum atomic E-state index is 13.9. The van der Waals surface area contributed by atoms with Crippen LogP contribution in [0.4, 0.5) is 0 Å². The minimum Gasteiger partial charge on any atom is -0.489 e. The van der Waals surface area contributed by atoms with Gasteiger partial charge in [-0.05, 0) is 59.2 Å². The van der Waals surface area contributed by atoms with Gasteiger partial charge in [-0.1, -0.05) is 64.5 Å². The highest BCUT2D eigenvalue weighted by atomic mass is 79.9. The first-order chi connectivity index (χ1) is 19.5. The Morgan fingerprint density at radius 3 is 2.58 bits per heavy atom. The van der Waals surface area contributed by atoms with Gasteiger partial charge in [0.05, 0.1) is 17.0 Å². The number of carbonyl (C=O) groups excluding carboxylic acids is 1. The van der Waals surface area contributed by atoms with Crippen LogP contribution in [0.2, 0.25) is 0 Å². The van der Waals surface area contributed by atoms with Gasteiger partial charge in [-0.2, -0.15) is 0 Å². The number of halogens is 1. The molecule has 0 aliphatic carbocycles. The first kappa shape index (κ1) is 24.5. The smallest absolute Gasteiger partial charge is 0.291 e. The maximum absolute atomic E-state index is 13.9. The molecule has 1 unspecified atom stereocenters. The van der Waals surface area contributed by atoms with Gasteiger partial charge in [-0.15, -0.1) is 0 Å². The van der Waals surface area contributed by atoms with Crippen LogP contribution in [-0.2, 0) is 13.2 Å². The molecule has 3 heterocycles. The molecule has 7 nitrogen and oxygen atoms in total. The van der Waals surface area contributed by atoms with Crippen LogP contribution in [-0.4, -0.2) is 17.6 Å². The third-order valence-electron chi connectivity index (χ3n) is 7.14. The summed E-state index contributed by atoms with van der Waals surface area (Å²) in [6, 6.07) is 27.5. The Balaban J connectivity index is 1.32. The van der Waals surface area contributed by atoms with E-state index in [0.717, 1.165) is 21.2 Å². The summed E-state index contributed by atoms with van der Waals surface area (Å²) in [5.41, 5.74) is 3.07. The quantitative estimate of drug-likeness (QED) is 0.220. The van der Waals surface area contributed by atoms with Gasteiger partial charge in [0, 0.05) is 11.0 Å². The predicted octanol–water partition coefficient (Wildman–Crippen LogP) is 6.61. The number of fused-ring (bicyclic) bond motifs is 3. The molecule has 1 atom stereocenters. The zero-order valence-corrected chi connectivity index (χ0v) is 22.7. The molecule has 0 saturated heterocycles. The van der Waals surface area contributed by atoms with E-state index in [1.54, 1.807) is 23.1 Å². The van der Waals surface area contributed by atoms with E-state index in [1.807, 2.05) is 72.8 Å². The minimum absolute atomic E-state index is 0.0566. The molecule has 2 aliphatic heterocycles. The Morgan fingerprint density at radius 1 is 0.850 bits per heavy atom. The summed E-state index contributed by atoms with van der Waals surface area (Å²) >= 11 is 3.45. The monoisotopic (exact) mass is 595 g/mol. The van der Waals surface area contributed by atoms with E-state index >= 15 is 0 Å². The minimum atomic E-state index is -0.673. The van der Waals surface area contributed by atoms with Crippen LogP contribution in [0.5, 0.6) is 17.2 Å². The zero-order valence-electron chi connectivity index (χ0n) is 21.1. The molecule has 0 fully saturated rings. The molecular weight excluding hydrogens is 574 g/mol. The third-order valence-corrected chi connectivity index (χ3v) is 7.63. The maximum Gasteiger partial charge on any atom is 0.291 e. The fourth-order valence-electron chi connectivity index (χ4n) is 5.25. The van der Waals surface area contributed by atoms with Crippen molar-refractivity contribution in [3.63, 3.8) is 0 Å². The van der Waals surface area contributed by atoms with Crippen molar-refractivity contribution in [3.8, 4) is 17.2 Å². The van der Waals surface area contributed by atoms with Crippen molar-refractivity contribution < 1.29 is 23.4 Å². The molecule has 1 aromatic heterocycles. The summed E-state index contributed by atoms with van der Waals surface area (Å²) in [5, 5.41) is 0.410. The topological polar surface area (TPSA) is 78.2 Å². The van der Waals surface area contributed by atoms with Crippen molar-refractivity contribution in [3.05, 3.63) is 134 Å². The SMILES string of the molecule is O=C1c2oc3ccc(Br)cc3c(=O)c2C(c2cccc(OCc3ccccc3)c2)N1Cc1ccc2c(c1)OCO2. The largest absolute Gasteiger partial charge is 0.489 e. The number of benzene rings is 4. The van der Waals surface area contributed by atoms with Crippen LogP contribution in [0.15, 0.2) is 105 Å². The van der Waals surface area contributed by atoms with Crippen LogP contribution >= 0.6 is 15.9 Å². The Hall–Kier alpha value is -4.56. The van der Waals surface area contributed by atoms with Gasteiger partial charge in [0.25, 0.3) is 5.91 Å². The van der Waals surface area contributed by atoms with E-state index < -0.39 is 6.04 Å². The summed E-state index contributed by atoms with van der Waals surface area (Å²) in [6.45, 7) is 0.789. The third kappa shape index (κ3) is 4.30. The second-order valence-corrected chi connectivity index (χ2v) is 10.6. The molecule has 0 radical (unpaired) electrons. The van der Waals surface area contributed by atoms with Gasteiger partial charge in [-0.25, -0.2) is 0 Å². The molecule has 40 heavy (non-hydrogen) atoms. The Morgan fingerprint density at radius 2 is 1.70 bits per heavy atom. The van der Waals surface area contributed by atoms with Crippen LogP contribution in [0, 0.1) is 0 Å². The summed E-state index contributed by atoms with van der Waals surface area (Å²) < 4.78 is 23.9. The Labute approximate surface area is 237 Å². The van der Waals surface area contributed by atoms with Crippen molar-refractivity contribution in [1.82, 2.24) is 4.90 Å². The lowest BCUT2D eigenvalue weighted by Crippen LogP contribution is -2.29. The number of hydrogen-bond acceptors (Lipinski definition) is 6. The van der Waals surface area contributed by atoms with Gasteiger partial charge in [0.15, 0.2) is 16.9 Å². The number of nitrogens with zero attached hydrogens (tertiary/aromatic N) is 1. The fraction of sp³-hybridized carbons (Fsp3) is 0.125. The number of ether oxygens (including phenoxy) is 3. The molecule has 1 amide bonds. The summed E-state index contributed by atoms with van der Waals surface area (Å²) in [4.78, 5) is 29.5. The normalized spacial score (nSPS) is 15.5. The molecule has 0 bridgehead atoms. The van der Waals surface area contributed by atoms with E-state index in [4.69, 9.17) is 18.6 Å². The molecule has 0 spiro atoms. The average molecular weight is 596 g/mol. The van der Waals surface area contributed by atoms with Crippen molar-refractivity contribution in [2.24, 2.45) is 0 Å². The lowest BCUT2D eigenvalue weighted by molar-refractivity contribution is 0.0714. The van der Waals surface area contributed by atoms with Crippen LogP contribution in [0.25, 0.3) is 11.0 Å². The molecular formula is C32H22BrNO6. The van der Waals surface area contributed by atoms with Crippen molar-refractivity contribution in [2.45, 2.75) is 19.2 Å². The standard InChI is InChI=1S/C32H22BrNO6/c33-22-10-12-25-24(15-22)30(35)28-29(21-7-4-8-23(14-21)37-17-19-5-2-1-3-6-19)34(32(36)31(28)40-25)16-20-9-11-26-27(13-20)39-18-38-26/h1-15,29H,16-18H2. The van der Waals surface area contributed by atoms with E-state index in [0.29, 0.717) is 40.4 Å². The molecule has 7 rings (SSSR count). The first-order valence-corrected chi connectivity index (χ1v) is 13.6.